The maximum Gasteiger partial charge on any atom is 0.241 e. The van der Waals surface area contributed by atoms with E-state index in [1.54, 1.807) is 12.1 Å². The van der Waals surface area contributed by atoms with Crippen molar-refractivity contribution in [2.24, 2.45) is 5.14 Å². The Hall–Kier alpha value is -3.27. The lowest BCUT2D eigenvalue weighted by Gasteiger charge is -2.41. The van der Waals surface area contributed by atoms with E-state index in [9.17, 15) is 8.42 Å². The van der Waals surface area contributed by atoms with E-state index in [4.69, 9.17) is 9.88 Å². The maximum absolute atomic E-state index is 11.9. The summed E-state index contributed by atoms with van der Waals surface area (Å²) in [4.78, 5) is 7.34. The normalized spacial score (nSPS) is 22.1. The highest BCUT2D eigenvalue weighted by Crippen LogP contribution is 2.38. The van der Waals surface area contributed by atoms with Gasteiger partial charge in [-0.2, -0.15) is 5.10 Å². The Morgan fingerprint density at radius 1 is 1.05 bits per heavy atom. The number of nitrogens with one attached hydrogen (secondary N) is 1. The van der Waals surface area contributed by atoms with Crippen LogP contribution in [0.3, 0.4) is 0 Å². The molecule has 0 radical (unpaired) electrons. The van der Waals surface area contributed by atoms with Crippen molar-refractivity contribution in [1.82, 2.24) is 20.1 Å². The third-order valence-corrected chi connectivity index (χ3v) is 9.76. The molecule has 0 amide bonds. The predicted molar refractivity (Wildman–Crippen MR) is 153 cm³/mol. The standard InChI is InChI=1S/C30H35N5O3S/c1-19-5-4-14-35(19)30(2)12-10-20-6-7-21(15-22(20)11-13-30)24-16-25-28(33-34-29(25)32-18-24)23-8-9-27(39(31,36)37)26(17-23)38-3/h6-9,15-19H,4-5,10-14H2,1-3H3,(H2,31,36,37)(H,32,33,34)/t19-,30?/m1/s1. The fourth-order valence-corrected chi connectivity index (χ4v) is 7.25. The van der Waals surface area contributed by atoms with Crippen molar-refractivity contribution in [3.8, 4) is 28.1 Å². The number of benzene rings is 2. The molecule has 1 aliphatic carbocycles. The third kappa shape index (κ3) is 4.73. The Morgan fingerprint density at radius 3 is 2.54 bits per heavy atom. The summed E-state index contributed by atoms with van der Waals surface area (Å²) in [7, 11) is -2.49. The molecule has 204 valence electrons. The highest BCUT2D eigenvalue weighted by atomic mass is 32.2. The summed E-state index contributed by atoms with van der Waals surface area (Å²) in [5, 5.41) is 13.7. The van der Waals surface area contributed by atoms with Gasteiger partial charge in [0.1, 0.15) is 16.3 Å². The van der Waals surface area contributed by atoms with Gasteiger partial charge >= 0.3 is 0 Å². The van der Waals surface area contributed by atoms with E-state index in [0.717, 1.165) is 29.4 Å². The molecule has 3 N–H and O–H groups in total. The van der Waals surface area contributed by atoms with Crippen molar-refractivity contribution < 1.29 is 13.2 Å². The molecule has 2 atom stereocenters. The van der Waals surface area contributed by atoms with Gasteiger partial charge in [0.05, 0.1) is 7.11 Å². The SMILES string of the molecule is COc1cc(-c2n[nH]c3ncc(-c4ccc5c(c4)CCC(C)(N4CCC[C@H]4C)CC5)cc23)ccc1S(N)(=O)=O. The summed E-state index contributed by atoms with van der Waals surface area (Å²) in [6.07, 6.45) is 9.05. The number of methoxy groups -OCH3 is 1. The molecule has 2 aromatic heterocycles. The van der Waals surface area contributed by atoms with Crippen LogP contribution in [0, 0.1) is 0 Å². The molecule has 1 fully saturated rings. The number of sulfonamides is 1. The van der Waals surface area contributed by atoms with E-state index in [0.29, 0.717) is 22.9 Å². The molecule has 9 heteroatoms. The molecule has 1 unspecified atom stereocenters. The van der Waals surface area contributed by atoms with Gasteiger partial charge in [0, 0.05) is 34.3 Å². The van der Waals surface area contributed by atoms with E-state index in [-0.39, 0.29) is 16.2 Å². The fourth-order valence-electron chi connectivity index (χ4n) is 6.57. The molecular formula is C30H35N5O3S. The van der Waals surface area contributed by atoms with Crippen molar-refractivity contribution in [3.63, 3.8) is 0 Å². The second kappa shape index (κ2) is 9.73. The van der Waals surface area contributed by atoms with Crippen molar-refractivity contribution in [1.29, 1.82) is 0 Å². The monoisotopic (exact) mass is 545 g/mol. The molecule has 1 saturated heterocycles. The van der Waals surface area contributed by atoms with Crippen molar-refractivity contribution in [2.45, 2.75) is 68.8 Å². The summed E-state index contributed by atoms with van der Waals surface area (Å²) in [5.41, 5.74) is 7.32. The number of nitrogens with two attached hydrogens (primary N) is 1. The topological polar surface area (TPSA) is 114 Å². The molecule has 6 rings (SSSR count). The molecule has 8 nitrogen and oxygen atoms in total. The second-order valence-corrected chi connectivity index (χ2v) is 12.8. The van der Waals surface area contributed by atoms with Gasteiger partial charge in [-0.1, -0.05) is 24.3 Å². The van der Waals surface area contributed by atoms with E-state index in [1.165, 1.54) is 56.5 Å². The summed E-state index contributed by atoms with van der Waals surface area (Å²) in [5.74, 6) is 0.177. The Kier molecular flexibility index (Phi) is 6.48. The largest absolute Gasteiger partial charge is 0.495 e. The lowest BCUT2D eigenvalue weighted by Crippen LogP contribution is -2.48. The van der Waals surface area contributed by atoms with Gasteiger partial charge in [0.15, 0.2) is 5.65 Å². The van der Waals surface area contributed by atoms with E-state index < -0.39 is 10.0 Å². The van der Waals surface area contributed by atoms with E-state index in [2.05, 4.69) is 58.2 Å². The average molecular weight is 546 g/mol. The van der Waals surface area contributed by atoms with Crippen molar-refractivity contribution in [3.05, 3.63) is 59.8 Å². The van der Waals surface area contributed by atoms with E-state index >= 15 is 0 Å². The minimum Gasteiger partial charge on any atom is -0.495 e. The zero-order chi connectivity index (χ0) is 27.4. The lowest BCUT2D eigenvalue weighted by atomic mass is 9.89. The van der Waals surface area contributed by atoms with Crippen LogP contribution in [0.4, 0.5) is 0 Å². The number of primary sulfonamides is 1. The number of aromatic amines is 1. The number of H-pyrrole nitrogens is 1. The molecule has 2 aliphatic rings. The van der Waals surface area contributed by atoms with Crippen LogP contribution < -0.4 is 9.88 Å². The highest BCUT2D eigenvalue weighted by molar-refractivity contribution is 7.89. The molecule has 39 heavy (non-hydrogen) atoms. The van der Waals surface area contributed by atoms with Gasteiger partial charge in [-0.3, -0.25) is 10.00 Å². The van der Waals surface area contributed by atoms with Gasteiger partial charge in [-0.25, -0.2) is 18.5 Å². The number of hydrogen-bond acceptors (Lipinski definition) is 6. The molecule has 2 aromatic carbocycles. The first-order chi connectivity index (χ1) is 18.7. The van der Waals surface area contributed by atoms with Crippen LogP contribution in [0.5, 0.6) is 5.75 Å². The van der Waals surface area contributed by atoms with Crippen LogP contribution >= 0.6 is 0 Å². The number of aromatic nitrogens is 3. The van der Waals surface area contributed by atoms with Crippen molar-refractivity contribution in [2.75, 3.05) is 13.7 Å². The second-order valence-electron chi connectivity index (χ2n) is 11.3. The van der Waals surface area contributed by atoms with Crippen LogP contribution in [0.2, 0.25) is 0 Å². The Morgan fingerprint density at radius 2 is 1.82 bits per heavy atom. The molecule has 3 heterocycles. The first-order valence-electron chi connectivity index (χ1n) is 13.6. The van der Waals surface area contributed by atoms with Crippen LogP contribution in [0.1, 0.15) is 50.7 Å². The van der Waals surface area contributed by atoms with Gasteiger partial charge in [-0.05, 0) is 93.8 Å². The predicted octanol–water partition coefficient (Wildman–Crippen LogP) is 5.07. The van der Waals surface area contributed by atoms with Crippen LogP contribution in [-0.2, 0) is 22.9 Å². The minimum atomic E-state index is -3.91. The minimum absolute atomic E-state index is 0.0623. The Balaban J connectivity index is 1.33. The number of likely N-dealkylation sites (tertiary alicyclic amines) is 1. The smallest absolute Gasteiger partial charge is 0.241 e. The molecule has 4 aromatic rings. The number of hydrogen-bond donors (Lipinski definition) is 2. The number of pyridine rings is 1. The number of rotatable bonds is 5. The highest BCUT2D eigenvalue weighted by Gasteiger charge is 2.38. The maximum atomic E-state index is 11.9. The molecule has 0 saturated carbocycles. The van der Waals surface area contributed by atoms with Crippen molar-refractivity contribution >= 4 is 21.1 Å². The third-order valence-electron chi connectivity index (χ3n) is 8.81. The summed E-state index contributed by atoms with van der Waals surface area (Å²) < 4.78 is 29.2. The number of nitrogens with zero attached hydrogens (tertiary/aromatic N) is 3. The number of ether oxygens (including phenoxy) is 1. The van der Waals surface area contributed by atoms with Crippen LogP contribution in [0.15, 0.2) is 53.6 Å². The summed E-state index contributed by atoms with van der Waals surface area (Å²) >= 11 is 0. The molecular weight excluding hydrogens is 510 g/mol. The molecule has 1 aliphatic heterocycles. The fraction of sp³-hybridized carbons (Fsp3) is 0.400. The van der Waals surface area contributed by atoms with E-state index in [1.807, 2.05) is 6.20 Å². The number of fused-ring (bicyclic) bond motifs is 2. The summed E-state index contributed by atoms with van der Waals surface area (Å²) in [6.45, 7) is 6.06. The Labute approximate surface area is 229 Å². The first-order valence-corrected chi connectivity index (χ1v) is 15.2. The van der Waals surface area contributed by atoms with Gasteiger partial charge < -0.3 is 4.74 Å². The molecule has 0 bridgehead atoms. The molecule has 0 spiro atoms. The van der Waals surface area contributed by atoms with Crippen LogP contribution in [0.25, 0.3) is 33.4 Å². The van der Waals surface area contributed by atoms with Gasteiger partial charge in [-0.15, -0.1) is 0 Å². The average Bonchev–Trinajstić information content (AvgIpc) is 3.52. The van der Waals surface area contributed by atoms with Gasteiger partial charge in [0.2, 0.25) is 10.0 Å². The quantitative estimate of drug-likeness (QED) is 0.339. The number of aryl methyl sites for hydroxylation is 2. The van der Waals surface area contributed by atoms with Crippen LogP contribution in [-0.4, -0.2) is 53.7 Å². The summed E-state index contributed by atoms with van der Waals surface area (Å²) in [6, 6.07) is 14.4. The lowest BCUT2D eigenvalue weighted by molar-refractivity contribution is 0.0821. The zero-order valence-electron chi connectivity index (χ0n) is 22.7. The Bertz CT molecular complexity index is 1660. The first kappa shape index (κ1) is 26.0. The van der Waals surface area contributed by atoms with Gasteiger partial charge in [0.25, 0.3) is 0 Å². The zero-order valence-corrected chi connectivity index (χ0v) is 23.5.